The highest BCUT2D eigenvalue weighted by Crippen LogP contribution is 2.32. The fourth-order valence-electron chi connectivity index (χ4n) is 2.77. The molecule has 2 heterocycles. The van der Waals surface area contributed by atoms with Crippen LogP contribution < -0.4 is 5.32 Å². The second-order valence-electron chi connectivity index (χ2n) is 6.07. The van der Waals surface area contributed by atoms with Gasteiger partial charge in [-0.05, 0) is 36.4 Å². The number of alkyl halides is 3. The monoisotopic (exact) mass is 418 g/mol. The minimum absolute atomic E-state index is 0.0707. The van der Waals surface area contributed by atoms with Crippen molar-refractivity contribution in [3.63, 3.8) is 0 Å². The van der Waals surface area contributed by atoms with Crippen LogP contribution in [0, 0.1) is 0 Å². The third kappa shape index (κ3) is 3.40. The van der Waals surface area contributed by atoms with Gasteiger partial charge in [-0.25, -0.2) is 4.98 Å². The molecule has 2 N–H and O–H groups in total. The molecule has 0 spiro atoms. The molecular weight excluding hydrogens is 409 g/mol. The molecule has 146 valence electrons. The van der Waals surface area contributed by atoms with E-state index in [9.17, 15) is 22.8 Å². The van der Waals surface area contributed by atoms with Crippen molar-refractivity contribution in [1.82, 2.24) is 15.0 Å². The van der Waals surface area contributed by atoms with Crippen LogP contribution in [0.5, 0.6) is 0 Å². The van der Waals surface area contributed by atoms with E-state index in [1.54, 1.807) is 18.2 Å². The maximum Gasteiger partial charge on any atom is 0.416 e. The SMILES string of the molecule is O=C1C(Nc2ccc(C(F)(F)F)cc2)=C(Cl)C(=O)c2[nH]c(-c3ccccn3)nc21. The molecule has 10 heteroatoms. The number of rotatable bonds is 3. The van der Waals surface area contributed by atoms with Gasteiger partial charge in [-0.1, -0.05) is 17.7 Å². The van der Waals surface area contributed by atoms with Crippen LogP contribution in [-0.2, 0) is 6.18 Å². The molecule has 0 saturated heterocycles. The Morgan fingerprint density at radius 1 is 1.00 bits per heavy atom. The molecule has 6 nitrogen and oxygen atoms in total. The van der Waals surface area contributed by atoms with E-state index >= 15 is 0 Å². The van der Waals surface area contributed by atoms with E-state index in [0.717, 1.165) is 24.3 Å². The van der Waals surface area contributed by atoms with Crippen molar-refractivity contribution in [2.75, 3.05) is 5.32 Å². The van der Waals surface area contributed by atoms with Gasteiger partial charge in [0.05, 0.1) is 5.56 Å². The van der Waals surface area contributed by atoms with Crippen molar-refractivity contribution in [3.05, 3.63) is 76.3 Å². The number of pyridine rings is 1. The number of nitrogens with one attached hydrogen (secondary N) is 2. The lowest BCUT2D eigenvalue weighted by Gasteiger charge is -2.16. The molecule has 2 aromatic heterocycles. The number of halogens is 4. The molecule has 0 atom stereocenters. The Kier molecular flexibility index (Phi) is 4.46. The summed E-state index contributed by atoms with van der Waals surface area (Å²) in [5.41, 5.74) is -0.730. The third-order valence-electron chi connectivity index (χ3n) is 4.18. The summed E-state index contributed by atoms with van der Waals surface area (Å²) in [5, 5.41) is 2.23. The fraction of sp³-hybridized carbons (Fsp3) is 0.0526. The summed E-state index contributed by atoms with van der Waals surface area (Å²) in [5.74, 6) is -1.11. The van der Waals surface area contributed by atoms with Gasteiger partial charge in [-0.15, -0.1) is 0 Å². The largest absolute Gasteiger partial charge is 0.416 e. The Morgan fingerprint density at radius 2 is 1.72 bits per heavy atom. The van der Waals surface area contributed by atoms with E-state index in [2.05, 4.69) is 20.3 Å². The number of aromatic amines is 1. The average Bonchev–Trinajstić information content (AvgIpc) is 3.16. The molecule has 3 aromatic rings. The zero-order chi connectivity index (χ0) is 20.8. The zero-order valence-corrected chi connectivity index (χ0v) is 15.1. The summed E-state index contributed by atoms with van der Waals surface area (Å²) in [6.07, 6.45) is -2.96. The predicted molar refractivity (Wildman–Crippen MR) is 98.4 cm³/mol. The molecule has 1 aliphatic carbocycles. The van der Waals surface area contributed by atoms with Crippen LogP contribution in [-0.4, -0.2) is 26.5 Å². The van der Waals surface area contributed by atoms with Crippen LogP contribution in [0.3, 0.4) is 0 Å². The number of anilines is 1. The van der Waals surface area contributed by atoms with Crippen molar-refractivity contribution in [2.45, 2.75) is 6.18 Å². The van der Waals surface area contributed by atoms with Gasteiger partial charge in [0.1, 0.15) is 27.8 Å². The third-order valence-corrected chi connectivity index (χ3v) is 4.54. The normalized spacial score (nSPS) is 14.2. The Labute approximate surface area is 166 Å². The number of hydrogen-bond donors (Lipinski definition) is 2. The number of allylic oxidation sites excluding steroid dienone is 2. The standard InChI is InChI=1S/C19H10ClF3N4O2/c20-12-13(25-10-6-4-9(5-7-10)19(21,22)23)17(29)15-14(16(12)28)26-18(27-15)11-3-1-2-8-24-11/h1-8,25H,(H,26,27). The smallest absolute Gasteiger partial charge is 0.351 e. The molecule has 29 heavy (non-hydrogen) atoms. The fourth-order valence-corrected chi connectivity index (χ4v) is 2.99. The minimum atomic E-state index is -4.49. The van der Waals surface area contributed by atoms with E-state index in [1.807, 2.05) is 0 Å². The molecule has 4 rings (SSSR count). The minimum Gasteiger partial charge on any atom is -0.351 e. The first-order valence-corrected chi connectivity index (χ1v) is 8.58. The van der Waals surface area contributed by atoms with Gasteiger partial charge in [-0.2, -0.15) is 13.2 Å². The number of hydrogen-bond acceptors (Lipinski definition) is 5. The Bertz CT molecular complexity index is 1150. The van der Waals surface area contributed by atoms with Crippen LogP contribution in [0.4, 0.5) is 18.9 Å². The predicted octanol–water partition coefficient (Wildman–Crippen LogP) is 4.43. The number of H-pyrrole nitrogens is 1. The molecule has 0 unspecified atom stereocenters. The van der Waals surface area contributed by atoms with Gasteiger partial charge in [-0.3, -0.25) is 14.6 Å². The number of nitrogens with zero attached hydrogens (tertiary/aromatic N) is 2. The van der Waals surface area contributed by atoms with Gasteiger partial charge >= 0.3 is 6.18 Å². The first-order valence-electron chi connectivity index (χ1n) is 8.20. The molecule has 0 fully saturated rings. The number of aromatic nitrogens is 3. The van der Waals surface area contributed by atoms with E-state index in [0.29, 0.717) is 5.69 Å². The van der Waals surface area contributed by atoms with Crippen LogP contribution in [0.1, 0.15) is 26.5 Å². The Hall–Kier alpha value is -3.46. The average molecular weight is 419 g/mol. The van der Waals surface area contributed by atoms with E-state index in [1.165, 1.54) is 6.20 Å². The lowest BCUT2D eigenvalue weighted by Crippen LogP contribution is -2.24. The summed E-state index contributed by atoms with van der Waals surface area (Å²) in [6, 6.07) is 9.05. The van der Waals surface area contributed by atoms with Gasteiger partial charge in [0.15, 0.2) is 5.82 Å². The molecular formula is C19H10ClF3N4O2. The number of carbonyl (C=O) groups is 2. The number of Topliss-reactive ketones (excluding diaryl/α,β-unsaturated/α-hetero) is 2. The van der Waals surface area contributed by atoms with E-state index in [-0.39, 0.29) is 28.6 Å². The van der Waals surface area contributed by atoms with Gasteiger partial charge in [0.2, 0.25) is 11.6 Å². The second kappa shape index (κ2) is 6.85. The molecule has 1 aromatic carbocycles. The van der Waals surface area contributed by atoms with Crippen LogP contribution in [0.2, 0.25) is 0 Å². The summed E-state index contributed by atoms with van der Waals surface area (Å²) in [7, 11) is 0. The first kappa shape index (κ1) is 18.9. The Balaban J connectivity index is 1.66. The van der Waals surface area contributed by atoms with Crippen LogP contribution in [0.25, 0.3) is 11.5 Å². The second-order valence-corrected chi connectivity index (χ2v) is 6.45. The van der Waals surface area contributed by atoms with Gasteiger partial charge in [0.25, 0.3) is 0 Å². The highest BCUT2D eigenvalue weighted by atomic mass is 35.5. The highest BCUT2D eigenvalue weighted by Gasteiger charge is 2.36. The van der Waals surface area contributed by atoms with Crippen molar-refractivity contribution >= 4 is 28.9 Å². The summed E-state index contributed by atoms with van der Waals surface area (Å²) < 4.78 is 38.1. The van der Waals surface area contributed by atoms with Gasteiger partial charge < -0.3 is 10.3 Å². The van der Waals surface area contributed by atoms with Crippen LogP contribution >= 0.6 is 11.6 Å². The Morgan fingerprint density at radius 3 is 2.34 bits per heavy atom. The summed E-state index contributed by atoms with van der Waals surface area (Å²) in [6.45, 7) is 0. The van der Waals surface area contributed by atoms with E-state index < -0.39 is 28.3 Å². The number of ketones is 2. The maximum absolute atomic E-state index is 12.8. The van der Waals surface area contributed by atoms with Crippen molar-refractivity contribution in [1.29, 1.82) is 0 Å². The van der Waals surface area contributed by atoms with Gasteiger partial charge in [0, 0.05) is 11.9 Å². The molecule has 0 amide bonds. The van der Waals surface area contributed by atoms with Crippen LogP contribution in [0.15, 0.2) is 59.4 Å². The number of benzene rings is 1. The topological polar surface area (TPSA) is 87.7 Å². The quantitative estimate of drug-likeness (QED) is 0.657. The summed E-state index contributed by atoms with van der Waals surface area (Å²) >= 11 is 6.07. The number of carbonyl (C=O) groups excluding carboxylic acids is 2. The lowest BCUT2D eigenvalue weighted by atomic mass is 10.0. The molecule has 1 aliphatic rings. The van der Waals surface area contributed by atoms with Crippen molar-refractivity contribution in [2.24, 2.45) is 0 Å². The molecule has 0 bridgehead atoms. The number of fused-ring (bicyclic) bond motifs is 1. The van der Waals surface area contributed by atoms with Crippen molar-refractivity contribution in [3.8, 4) is 11.5 Å². The lowest BCUT2D eigenvalue weighted by molar-refractivity contribution is -0.137. The molecule has 0 saturated carbocycles. The molecule has 0 aliphatic heterocycles. The maximum atomic E-state index is 12.8. The zero-order valence-electron chi connectivity index (χ0n) is 14.3. The van der Waals surface area contributed by atoms with Crippen molar-refractivity contribution < 1.29 is 22.8 Å². The highest BCUT2D eigenvalue weighted by molar-refractivity contribution is 6.50. The first-order chi connectivity index (χ1) is 13.8. The summed E-state index contributed by atoms with van der Waals surface area (Å²) in [4.78, 5) is 36.4. The van der Waals surface area contributed by atoms with E-state index in [4.69, 9.17) is 11.6 Å². The molecule has 0 radical (unpaired) electrons. The number of imidazole rings is 1.